The molecule has 0 aromatic carbocycles. The highest BCUT2D eigenvalue weighted by atomic mass is 16.4. The molecule has 0 saturated heterocycles. The molecule has 14 heteroatoms. The van der Waals surface area contributed by atoms with E-state index in [-0.39, 0.29) is 49.7 Å². The molecule has 1 aliphatic rings. The van der Waals surface area contributed by atoms with Crippen LogP contribution in [0.2, 0.25) is 5.82 Å². The molecule has 1 unspecified atom stereocenters. The summed E-state index contributed by atoms with van der Waals surface area (Å²) < 4.78 is 0. The van der Waals surface area contributed by atoms with Gasteiger partial charge in [0.25, 0.3) is 5.97 Å². The second kappa shape index (κ2) is 15.7. The number of rotatable bonds is 16. The van der Waals surface area contributed by atoms with Gasteiger partial charge in [0.2, 0.25) is 19.1 Å². The van der Waals surface area contributed by atoms with Crippen molar-refractivity contribution in [1.82, 2.24) is 16.0 Å². The molecule has 1 fully saturated rings. The normalized spacial score (nSPS) is 19.0. The topological polar surface area (TPSA) is 225 Å². The number of aliphatic carboxylic acids is 3. The van der Waals surface area contributed by atoms with Crippen LogP contribution in [0.25, 0.3) is 0 Å². The van der Waals surface area contributed by atoms with Gasteiger partial charge >= 0.3 is 11.9 Å². The number of carbonyl (C=O) groups excluding carboxylic acids is 3. The molecule has 35 heavy (non-hydrogen) atoms. The third kappa shape index (κ3) is 12.8. The minimum atomic E-state index is -1.45. The first-order valence-electron chi connectivity index (χ1n) is 11.6. The van der Waals surface area contributed by atoms with E-state index in [0.717, 1.165) is 20.1 Å². The minimum Gasteiger partial charge on any atom is -0.482 e. The number of hydrogen-bond donors (Lipinski definition) is 7. The highest BCUT2D eigenvalue weighted by molar-refractivity contribution is 6.77. The van der Waals surface area contributed by atoms with Crippen LogP contribution in [0.1, 0.15) is 57.8 Å². The van der Waals surface area contributed by atoms with Gasteiger partial charge in [-0.05, 0) is 44.9 Å². The molecular formula is C21H34BN4O9. The monoisotopic (exact) mass is 497 g/mol. The van der Waals surface area contributed by atoms with Gasteiger partial charge in [0.15, 0.2) is 5.81 Å². The van der Waals surface area contributed by atoms with Crippen molar-refractivity contribution in [3.8, 4) is 0 Å². The number of nitrogens with one attached hydrogen (secondary N) is 3. The van der Waals surface area contributed by atoms with Crippen LogP contribution < -0.4 is 21.7 Å². The first-order chi connectivity index (χ1) is 16.5. The number of carbonyl (C=O) groups is 6. The Morgan fingerprint density at radius 2 is 1.54 bits per heavy atom. The number of nitrogens with two attached hydrogens (primary N) is 1. The van der Waals surface area contributed by atoms with Crippen molar-refractivity contribution in [2.75, 3.05) is 13.1 Å². The molecule has 0 spiro atoms. The van der Waals surface area contributed by atoms with E-state index < -0.39 is 42.0 Å². The Labute approximate surface area is 203 Å². The third-order valence-electron chi connectivity index (χ3n) is 5.76. The van der Waals surface area contributed by atoms with E-state index in [1.807, 2.05) is 0 Å². The lowest BCUT2D eigenvalue weighted by Gasteiger charge is -2.25. The standard InChI is InChI=1S/C21H34BN4O9/c23-13-6-4-12(5-7-13)18(30)25-11-16(27)24-10-2-1-3-14(19(31)32)22-21(35)26-15(20(33)34)8-9-17(28)29/h12-15H,1-11,23H2,(H,24,27)(H,25,30)(H,26,35)(H,28,29)(H,31,32)(H,33,34)/t12?,13?,14-,15?/m0/s1. The Kier molecular flexibility index (Phi) is 13.4. The van der Waals surface area contributed by atoms with Crippen molar-refractivity contribution >= 4 is 42.8 Å². The quantitative estimate of drug-likeness (QED) is 0.107. The molecule has 0 aromatic rings. The zero-order valence-electron chi connectivity index (χ0n) is 19.5. The highest BCUT2D eigenvalue weighted by Crippen LogP contribution is 2.23. The van der Waals surface area contributed by atoms with Crippen molar-refractivity contribution in [3.63, 3.8) is 0 Å². The van der Waals surface area contributed by atoms with Gasteiger partial charge in [0.1, 0.15) is 6.04 Å². The highest BCUT2D eigenvalue weighted by Gasteiger charge is 2.27. The fourth-order valence-corrected chi connectivity index (χ4v) is 3.68. The first-order valence-corrected chi connectivity index (χ1v) is 11.6. The largest absolute Gasteiger partial charge is 0.482 e. The predicted octanol–water partition coefficient (Wildman–Crippen LogP) is -0.488. The van der Waals surface area contributed by atoms with Gasteiger partial charge in [-0.25, -0.2) is 4.79 Å². The second-order valence-corrected chi connectivity index (χ2v) is 8.62. The number of hydrogen-bond acceptors (Lipinski definition) is 7. The maximum absolute atomic E-state index is 12.1. The van der Waals surface area contributed by atoms with Crippen LogP contribution in [0, 0.1) is 5.92 Å². The van der Waals surface area contributed by atoms with E-state index in [2.05, 4.69) is 16.0 Å². The van der Waals surface area contributed by atoms with Gasteiger partial charge in [-0.15, -0.1) is 0 Å². The summed E-state index contributed by atoms with van der Waals surface area (Å²) >= 11 is 0. The zero-order chi connectivity index (χ0) is 26.4. The zero-order valence-corrected chi connectivity index (χ0v) is 19.5. The summed E-state index contributed by atoms with van der Waals surface area (Å²) in [7, 11) is 0.852. The summed E-state index contributed by atoms with van der Waals surface area (Å²) in [5.41, 5.74) is 5.82. The molecule has 1 radical (unpaired) electrons. The van der Waals surface area contributed by atoms with Crippen LogP contribution in [0.4, 0.5) is 4.79 Å². The molecule has 1 saturated carbocycles. The summed E-state index contributed by atoms with van der Waals surface area (Å²) in [4.78, 5) is 69.2. The lowest BCUT2D eigenvalue weighted by molar-refractivity contribution is -0.140. The fraction of sp³-hybridized carbons (Fsp3) is 0.714. The fourth-order valence-electron chi connectivity index (χ4n) is 3.68. The SMILES string of the molecule is NC1CCC(C(=O)NCC(=O)NCCCC[C@H]([B]C(=O)NC(CCC(=O)O)C(=O)O)C(=O)O)CC1. The number of carboxylic acids is 3. The van der Waals surface area contributed by atoms with E-state index in [4.69, 9.17) is 15.9 Å². The lowest BCUT2D eigenvalue weighted by Crippen LogP contribution is -2.44. The van der Waals surface area contributed by atoms with Gasteiger partial charge in [-0.3, -0.25) is 24.0 Å². The van der Waals surface area contributed by atoms with E-state index in [1.54, 1.807) is 0 Å². The third-order valence-corrected chi connectivity index (χ3v) is 5.76. The molecule has 8 N–H and O–H groups in total. The van der Waals surface area contributed by atoms with Crippen LogP contribution in [-0.2, 0) is 24.0 Å². The molecule has 0 aromatic heterocycles. The van der Waals surface area contributed by atoms with Crippen LogP contribution in [0.3, 0.4) is 0 Å². The second-order valence-electron chi connectivity index (χ2n) is 8.62. The molecule has 1 rings (SSSR count). The molecule has 13 nitrogen and oxygen atoms in total. The maximum atomic E-state index is 12.1. The average Bonchev–Trinajstić information content (AvgIpc) is 2.79. The van der Waals surface area contributed by atoms with Crippen molar-refractivity contribution in [3.05, 3.63) is 0 Å². The maximum Gasteiger partial charge on any atom is 0.326 e. The van der Waals surface area contributed by atoms with Gasteiger partial charge in [-0.1, -0.05) is 6.42 Å². The van der Waals surface area contributed by atoms with Crippen LogP contribution in [-0.4, -0.2) is 83.3 Å². The van der Waals surface area contributed by atoms with Crippen molar-refractivity contribution in [1.29, 1.82) is 0 Å². The van der Waals surface area contributed by atoms with Gasteiger partial charge in [-0.2, -0.15) is 0 Å². The molecular weight excluding hydrogens is 463 g/mol. The Hall–Kier alpha value is -3.16. The molecule has 0 aliphatic heterocycles. The number of carboxylic acid groups (broad SMARTS) is 3. The average molecular weight is 497 g/mol. The summed E-state index contributed by atoms with van der Waals surface area (Å²) in [6.07, 6.45) is 3.03. The molecule has 0 bridgehead atoms. The summed E-state index contributed by atoms with van der Waals surface area (Å²) in [5, 5.41) is 34.4. The first kappa shape index (κ1) is 29.9. The Bertz CT molecular complexity index is 772. The molecule has 195 valence electrons. The molecule has 0 heterocycles. The van der Waals surface area contributed by atoms with E-state index in [1.165, 1.54) is 0 Å². The Balaban J connectivity index is 2.28. The van der Waals surface area contributed by atoms with E-state index in [0.29, 0.717) is 25.7 Å². The summed E-state index contributed by atoms with van der Waals surface area (Å²) in [6, 6.07) is -1.32. The molecule has 3 amide bonds. The number of unbranched alkanes of at least 4 members (excludes halogenated alkanes) is 1. The molecule has 1 aliphatic carbocycles. The van der Waals surface area contributed by atoms with Gasteiger partial charge < -0.3 is 37.0 Å². The summed E-state index contributed by atoms with van der Waals surface area (Å²) in [6.45, 7) is 0.0987. The Morgan fingerprint density at radius 1 is 0.886 bits per heavy atom. The minimum absolute atomic E-state index is 0.0754. The Morgan fingerprint density at radius 3 is 2.11 bits per heavy atom. The van der Waals surface area contributed by atoms with Gasteiger partial charge in [0, 0.05) is 30.7 Å². The molecule has 2 atom stereocenters. The van der Waals surface area contributed by atoms with E-state index in [9.17, 15) is 33.9 Å². The predicted molar refractivity (Wildman–Crippen MR) is 124 cm³/mol. The number of amides is 3. The van der Waals surface area contributed by atoms with Crippen molar-refractivity contribution in [2.24, 2.45) is 11.7 Å². The van der Waals surface area contributed by atoms with Crippen LogP contribution >= 0.6 is 0 Å². The van der Waals surface area contributed by atoms with Crippen LogP contribution in [0.15, 0.2) is 0 Å². The lowest BCUT2D eigenvalue weighted by atomic mass is 9.61. The van der Waals surface area contributed by atoms with Crippen LogP contribution in [0.5, 0.6) is 0 Å². The van der Waals surface area contributed by atoms with Crippen molar-refractivity contribution < 1.29 is 44.1 Å². The van der Waals surface area contributed by atoms with Gasteiger partial charge in [0.05, 0.1) is 6.54 Å². The van der Waals surface area contributed by atoms with Crippen molar-refractivity contribution in [2.45, 2.75) is 75.7 Å². The summed E-state index contributed by atoms with van der Waals surface area (Å²) in [5.74, 6) is -6.68. The smallest absolute Gasteiger partial charge is 0.326 e. The van der Waals surface area contributed by atoms with E-state index >= 15 is 0 Å².